The zero-order valence-electron chi connectivity index (χ0n) is 16.9. The van der Waals surface area contributed by atoms with Gasteiger partial charge < -0.3 is 15.4 Å². The molecule has 28 heavy (non-hydrogen) atoms. The van der Waals surface area contributed by atoms with Crippen LogP contribution in [0.2, 0.25) is 0 Å². The standard InChI is InChI=1S/C21H31N5OS/c1-3-22-20(24-17-21(28-2)10-15-27-16-11-21)23-13-9-18-5-7-19(8-6-18)26-14-4-12-25-26/h4-8,12,14H,3,9-11,13,15-17H2,1-2H3,(H2,22,23,24). The summed E-state index contributed by atoms with van der Waals surface area (Å²) < 4.78 is 7.61. The fourth-order valence-corrected chi connectivity index (χ4v) is 4.07. The summed E-state index contributed by atoms with van der Waals surface area (Å²) >= 11 is 1.92. The molecule has 1 saturated heterocycles. The van der Waals surface area contributed by atoms with Gasteiger partial charge in [-0.3, -0.25) is 4.99 Å². The van der Waals surface area contributed by atoms with Crippen molar-refractivity contribution in [2.75, 3.05) is 39.1 Å². The molecule has 1 aromatic carbocycles. The van der Waals surface area contributed by atoms with E-state index in [-0.39, 0.29) is 4.75 Å². The number of benzene rings is 1. The minimum Gasteiger partial charge on any atom is -0.381 e. The number of thioether (sulfide) groups is 1. The molecule has 1 aromatic heterocycles. The Labute approximate surface area is 172 Å². The SMILES string of the molecule is CCNC(=NCC1(SC)CCOCC1)NCCc1ccc(-n2cccn2)cc1. The molecule has 0 amide bonds. The Morgan fingerprint density at radius 1 is 1.25 bits per heavy atom. The van der Waals surface area contributed by atoms with E-state index in [2.05, 4.69) is 53.2 Å². The zero-order chi connectivity index (χ0) is 19.7. The first kappa shape index (κ1) is 20.7. The number of aliphatic imine (C=N–C) groups is 1. The van der Waals surface area contributed by atoms with Crippen LogP contribution in [0.4, 0.5) is 0 Å². The molecule has 1 fully saturated rings. The molecule has 6 nitrogen and oxygen atoms in total. The molecule has 0 saturated carbocycles. The Bertz CT molecular complexity index is 724. The first-order valence-corrected chi connectivity index (χ1v) is 11.2. The highest BCUT2D eigenvalue weighted by Crippen LogP contribution is 2.33. The Morgan fingerprint density at radius 3 is 2.68 bits per heavy atom. The van der Waals surface area contributed by atoms with Crippen LogP contribution in [0.1, 0.15) is 25.3 Å². The Morgan fingerprint density at radius 2 is 2.04 bits per heavy atom. The van der Waals surface area contributed by atoms with Crippen LogP contribution >= 0.6 is 11.8 Å². The number of nitrogens with one attached hydrogen (secondary N) is 2. The normalized spacial score (nSPS) is 16.7. The lowest BCUT2D eigenvalue weighted by Gasteiger charge is -2.34. The molecular formula is C21H31N5OS. The van der Waals surface area contributed by atoms with Crippen molar-refractivity contribution in [3.8, 4) is 5.69 Å². The van der Waals surface area contributed by atoms with Gasteiger partial charge in [-0.15, -0.1) is 0 Å². The number of ether oxygens (including phenoxy) is 1. The quantitative estimate of drug-likeness (QED) is 0.526. The molecule has 0 atom stereocenters. The molecule has 0 unspecified atom stereocenters. The van der Waals surface area contributed by atoms with Gasteiger partial charge in [-0.25, -0.2) is 4.68 Å². The molecule has 2 aromatic rings. The van der Waals surface area contributed by atoms with Crippen LogP contribution in [0.3, 0.4) is 0 Å². The van der Waals surface area contributed by atoms with Gasteiger partial charge in [-0.1, -0.05) is 12.1 Å². The molecule has 2 N–H and O–H groups in total. The van der Waals surface area contributed by atoms with Gasteiger partial charge in [0, 0.05) is 43.4 Å². The van der Waals surface area contributed by atoms with Crippen molar-refractivity contribution >= 4 is 17.7 Å². The maximum Gasteiger partial charge on any atom is 0.191 e. The van der Waals surface area contributed by atoms with Crippen LogP contribution in [-0.4, -0.2) is 59.6 Å². The van der Waals surface area contributed by atoms with Gasteiger partial charge in [0.25, 0.3) is 0 Å². The van der Waals surface area contributed by atoms with Gasteiger partial charge in [0.05, 0.1) is 12.2 Å². The molecule has 3 rings (SSSR count). The molecule has 1 aliphatic heterocycles. The van der Waals surface area contributed by atoms with Crippen LogP contribution in [0.15, 0.2) is 47.7 Å². The number of nitrogens with zero attached hydrogens (tertiary/aromatic N) is 3. The first-order valence-electron chi connectivity index (χ1n) is 9.99. The third-order valence-corrected chi connectivity index (χ3v) is 6.52. The van der Waals surface area contributed by atoms with E-state index in [0.717, 1.165) is 63.8 Å². The lowest BCUT2D eigenvalue weighted by atomic mass is 9.99. The summed E-state index contributed by atoms with van der Waals surface area (Å²) in [5.74, 6) is 0.899. The summed E-state index contributed by atoms with van der Waals surface area (Å²) in [4.78, 5) is 4.87. The van der Waals surface area contributed by atoms with Crippen molar-refractivity contribution in [2.45, 2.75) is 30.9 Å². The van der Waals surface area contributed by atoms with Crippen molar-refractivity contribution in [3.63, 3.8) is 0 Å². The van der Waals surface area contributed by atoms with Crippen molar-refractivity contribution in [1.82, 2.24) is 20.4 Å². The van der Waals surface area contributed by atoms with E-state index in [4.69, 9.17) is 9.73 Å². The van der Waals surface area contributed by atoms with E-state index in [9.17, 15) is 0 Å². The average Bonchev–Trinajstić information content (AvgIpc) is 3.28. The molecule has 0 aliphatic carbocycles. The zero-order valence-corrected chi connectivity index (χ0v) is 17.7. The second-order valence-electron chi connectivity index (χ2n) is 6.99. The lowest BCUT2D eigenvalue weighted by molar-refractivity contribution is 0.0794. The summed E-state index contributed by atoms with van der Waals surface area (Å²) in [6, 6.07) is 10.5. The van der Waals surface area contributed by atoms with Gasteiger partial charge >= 0.3 is 0 Å². The third-order valence-electron chi connectivity index (χ3n) is 5.12. The average molecular weight is 402 g/mol. The van der Waals surface area contributed by atoms with E-state index in [1.54, 1.807) is 6.20 Å². The molecule has 152 valence electrons. The predicted octanol–water partition coefficient (Wildman–Crippen LogP) is 2.88. The molecule has 0 spiro atoms. The van der Waals surface area contributed by atoms with Crippen molar-refractivity contribution in [3.05, 3.63) is 48.3 Å². The smallest absolute Gasteiger partial charge is 0.191 e. The molecule has 0 bridgehead atoms. The van der Waals surface area contributed by atoms with Gasteiger partial charge in [0.15, 0.2) is 5.96 Å². The van der Waals surface area contributed by atoms with Crippen LogP contribution < -0.4 is 10.6 Å². The highest BCUT2D eigenvalue weighted by atomic mass is 32.2. The summed E-state index contributed by atoms with van der Waals surface area (Å²) in [6.07, 6.45) is 9.02. The van der Waals surface area contributed by atoms with E-state index < -0.39 is 0 Å². The maximum atomic E-state index is 5.53. The highest BCUT2D eigenvalue weighted by molar-refractivity contribution is 8.00. The van der Waals surface area contributed by atoms with E-state index in [0.29, 0.717) is 0 Å². The Kier molecular flexibility index (Phi) is 7.80. The molecule has 0 radical (unpaired) electrons. The van der Waals surface area contributed by atoms with Crippen molar-refractivity contribution in [2.24, 2.45) is 4.99 Å². The number of hydrogen-bond acceptors (Lipinski definition) is 4. The van der Waals surface area contributed by atoms with Gasteiger partial charge in [-0.2, -0.15) is 16.9 Å². The topological polar surface area (TPSA) is 63.5 Å². The molecule has 1 aliphatic rings. The lowest BCUT2D eigenvalue weighted by Crippen LogP contribution is -2.41. The molecular weight excluding hydrogens is 370 g/mol. The molecule has 2 heterocycles. The summed E-state index contributed by atoms with van der Waals surface area (Å²) in [6.45, 7) is 6.32. The largest absolute Gasteiger partial charge is 0.381 e. The number of guanidine groups is 1. The second kappa shape index (κ2) is 10.5. The molecule has 7 heteroatoms. The minimum atomic E-state index is 0.211. The number of rotatable bonds is 8. The van der Waals surface area contributed by atoms with Crippen LogP contribution in [-0.2, 0) is 11.2 Å². The van der Waals surface area contributed by atoms with Gasteiger partial charge in [0.1, 0.15) is 0 Å². The fourth-order valence-electron chi connectivity index (χ4n) is 3.30. The van der Waals surface area contributed by atoms with E-state index >= 15 is 0 Å². The third kappa shape index (κ3) is 5.75. The highest BCUT2D eigenvalue weighted by Gasteiger charge is 2.31. The van der Waals surface area contributed by atoms with E-state index in [1.165, 1.54) is 5.56 Å². The Hall–Kier alpha value is -1.99. The monoisotopic (exact) mass is 401 g/mol. The van der Waals surface area contributed by atoms with Crippen LogP contribution in [0, 0.1) is 0 Å². The first-order chi connectivity index (χ1) is 13.7. The minimum absolute atomic E-state index is 0.211. The Balaban J connectivity index is 1.51. The number of hydrogen-bond donors (Lipinski definition) is 2. The number of aromatic nitrogens is 2. The van der Waals surface area contributed by atoms with Crippen LogP contribution in [0.25, 0.3) is 5.69 Å². The van der Waals surface area contributed by atoms with E-state index in [1.807, 2.05) is 28.7 Å². The predicted molar refractivity (Wildman–Crippen MR) is 118 cm³/mol. The van der Waals surface area contributed by atoms with Crippen molar-refractivity contribution in [1.29, 1.82) is 0 Å². The fraction of sp³-hybridized carbons (Fsp3) is 0.524. The summed E-state index contributed by atoms with van der Waals surface area (Å²) in [5.41, 5.74) is 2.37. The van der Waals surface area contributed by atoms with Gasteiger partial charge in [0.2, 0.25) is 0 Å². The second-order valence-corrected chi connectivity index (χ2v) is 8.26. The van der Waals surface area contributed by atoms with Crippen molar-refractivity contribution < 1.29 is 4.74 Å². The maximum absolute atomic E-state index is 5.53. The summed E-state index contributed by atoms with van der Waals surface area (Å²) in [7, 11) is 0. The van der Waals surface area contributed by atoms with Gasteiger partial charge in [-0.05, 0) is 56.2 Å². The summed E-state index contributed by atoms with van der Waals surface area (Å²) in [5, 5.41) is 11.1. The van der Waals surface area contributed by atoms with Crippen LogP contribution in [0.5, 0.6) is 0 Å².